The zero-order valence-electron chi connectivity index (χ0n) is 14.3. The molecule has 7 heteroatoms. The lowest BCUT2D eigenvalue weighted by atomic mass is 9.68. The second kappa shape index (κ2) is 5.92. The highest BCUT2D eigenvalue weighted by atomic mass is 32.2. The van der Waals surface area contributed by atoms with Crippen molar-refractivity contribution < 1.29 is 9.59 Å². The molecule has 130 valence electrons. The Labute approximate surface area is 154 Å². The standard InChI is InChI=1S/C18H19N3O2S2/c1-18(2)7-9-12(10(22)8-18)13(11-5-4-6-25-11)14-15(19-9)20-17(24-3)21-16(14)23/h4-6,13-14H,7-8H2,1-3H3,(H,19,20,21,23). The van der Waals surface area contributed by atoms with Crippen LogP contribution in [0.15, 0.2) is 38.8 Å². The number of thioether (sulfide) groups is 1. The Morgan fingerprint density at radius 3 is 2.72 bits per heavy atom. The van der Waals surface area contributed by atoms with E-state index in [1.807, 2.05) is 23.8 Å². The summed E-state index contributed by atoms with van der Waals surface area (Å²) in [5, 5.41) is 5.39. The van der Waals surface area contributed by atoms with E-state index < -0.39 is 5.92 Å². The highest BCUT2D eigenvalue weighted by Crippen LogP contribution is 2.49. The maximum atomic E-state index is 13.0. The fourth-order valence-electron chi connectivity index (χ4n) is 3.83. The molecule has 0 fully saturated rings. The minimum atomic E-state index is -0.529. The molecule has 0 spiro atoms. The molecule has 3 aliphatic rings. The number of hydrogen-bond acceptors (Lipinski definition) is 6. The Hall–Kier alpha value is -1.73. The van der Waals surface area contributed by atoms with E-state index in [0.717, 1.165) is 17.0 Å². The second-order valence-corrected chi connectivity index (χ2v) is 9.13. The van der Waals surface area contributed by atoms with Crippen molar-refractivity contribution in [2.75, 3.05) is 6.26 Å². The van der Waals surface area contributed by atoms with E-state index >= 15 is 0 Å². The van der Waals surface area contributed by atoms with E-state index in [1.165, 1.54) is 11.8 Å². The number of amidine groups is 2. The van der Waals surface area contributed by atoms with Gasteiger partial charge in [0.2, 0.25) is 5.91 Å². The molecular formula is C18H19N3O2S2. The van der Waals surface area contributed by atoms with Crippen molar-refractivity contribution in [3.63, 3.8) is 0 Å². The third-order valence-electron chi connectivity index (χ3n) is 4.84. The third kappa shape index (κ3) is 2.79. The van der Waals surface area contributed by atoms with Crippen molar-refractivity contribution in [2.45, 2.75) is 32.6 Å². The Morgan fingerprint density at radius 1 is 1.24 bits per heavy atom. The second-order valence-electron chi connectivity index (χ2n) is 7.35. The maximum Gasteiger partial charge on any atom is 0.237 e. The summed E-state index contributed by atoms with van der Waals surface area (Å²) in [5.41, 5.74) is 1.41. The molecule has 3 heterocycles. The largest absolute Gasteiger partial charge is 0.304 e. The van der Waals surface area contributed by atoms with Crippen molar-refractivity contribution in [1.29, 1.82) is 0 Å². The lowest BCUT2D eigenvalue weighted by Gasteiger charge is -2.39. The first-order valence-corrected chi connectivity index (χ1v) is 10.3. The van der Waals surface area contributed by atoms with Gasteiger partial charge in [0.25, 0.3) is 0 Å². The number of nitrogens with zero attached hydrogens (tertiary/aromatic N) is 2. The predicted octanol–water partition coefficient (Wildman–Crippen LogP) is 3.35. The summed E-state index contributed by atoms with van der Waals surface area (Å²) >= 11 is 2.97. The predicted molar refractivity (Wildman–Crippen MR) is 102 cm³/mol. The van der Waals surface area contributed by atoms with Crippen LogP contribution in [-0.2, 0) is 9.59 Å². The minimum absolute atomic E-state index is 0.111. The van der Waals surface area contributed by atoms with E-state index in [9.17, 15) is 9.59 Å². The van der Waals surface area contributed by atoms with Crippen LogP contribution in [0, 0.1) is 11.3 Å². The zero-order chi connectivity index (χ0) is 17.8. The van der Waals surface area contributed by atoms with Crippen LogP contribution in [0.1, 0.15) is 37.5 Å². The van der Waals surface area contributed by atoms with Crippen LogP contribution in [0.4, 0.5) is 0 Å². The van der Waals surface area contributed by atoms with Gasteiger partial charge in [0, 0.05) is 22.8 Å². The fraction of sp³-hybridized carbons (Fsp3) is 0.444. The Kier molecular flexibility index (Phi) is 3.96. The van der Waals surface area contributed by atoms with E-state index in [-0.39, 0.29) is 23.0 Å². The van der Waals surface area contributed by atoms with Gasteiger partial charge in [0.1, 0.15) is 11.8 Å². The lowest BCUT2D eigenvalue weighted by molar-refractivity contribution is -0.122. The van der Waals surface area contributed by atoms with Gasteiger partial charge in [-0.2, -0.15) is 0 Å². The van der Waals surface area contributed by atoms with Crippen molar-refractivity contribution in [3.8, 4) is 0 Å². The van der Waals surface area contributed by atoms with Crippen LogP contribution < -0.4 is 5.32 Å². The molecule has 2 aliphatic heterocycles. The molecule has 0 aromatic carbocycles. The highest BCUT2D eigenvalue weighted by Gasteiger charge is 2.48. The Morgan fingerprint density at radius 2 is 2.04 bits per heavy atom. The summed E-state index contributed by atoms with van der Waals surface area (Å²) in [6.07, 6.45) is 3.10. The molecule has 25 heavy (non-hydrogen) atoms. The van der Waals surface area contributed by atoms with Crippen molar-refractivity contribution in [2.24, 2.45) is 21.3 Å². The molecule has 0 saturated heterocycles. The number of carbonyl (C=O) groups is 2. The summed E-state index contributed by atoms with van der Waals surface area (Å²) in [6, 6.07) is 3.96. The van der Waals surface area contributed by atoms with Crippen molar-refractivity contribution in [3.05, 3.63) is 33.7 Å². The molecule has 5 nitrogen and oxygen atoms in total. The smallest absolute Gasteiger partial charge is 0.237 e. The van der Waals surface area contributed by atoms with Crippen LogP contribution in [0.5, 0.6) is 0 Å². The number of nitrogens with one attached hydrogen (secondary N) is 1. The summed E-state index contributed by atoms with van der Waals surface area (Å²) in [6.45, 7) is 4.18. The van der Waals surface area contributed by atoms with E-state index in [4.69, 9.17) is 4.99 Å². The molecule has 4 rings (SSSR count). The molecule has 0 saturated carbocycles. The van der Waals surface area contributed by atoms with Gasteiger partial charge in [0.05, 0.1) is 5.70 Å². The maximum absolute atomic E-state index is 13.0. The lowest BCUT2D eigenvalue weighted by Crippen LogP contribution is -2.48. The number of Topliss-reactive ketones (excluding diaryl/α,β-unsaturated/α-hetero) is 1. The topological polar surface area (TPSA) is 70.9 Å². The van der Waals surface area contributed by atoms with Crippen LogP contribution in [0.3, 0.4) is 0 Å². The monoisotopic (exact) mass is 373 g/mol. The summed E-state index contributed by atoms with van der Waals surface area (Å²) in [7, 11) is 0. The van der Waals surface area contributed by atoms with Crippen LogP contribution in [0.25, 0.3) is 0 Å². The number of fused-ring (bicyclic) bond motifs is 1. The van der Waals surface area contributed by atoms with Gasteiger partial charge in [-0.1, -0.05) is 31.7 Å². The molecule has 1 amide bonds. The molecular weight excluding hydrogens is 354 g/mol. The highest BCUT2D eigenvalue weighted by molar-refractivity contribution is 8.13. The molecule has 1 aliphatic carbocycles. The first-order chi connectivity index (χ1) is 11.9. The number of allylic oxidation sites excluding steroid dienone is 2. The van der Waals surface area contributed by atoms with Gasteiger partial charge in [-0.25, -0.2) is 9.98 Å². The molecule has 2 unspecified atom stereocenters. The van der Waals surface area contributed by atoms with Gasteiger partial charge in [-0.15, -0.1) is 11.3 Å². The van der Waals surface area contributed by atoms with Gasteiger partial charge >= 0.3 is 0 Å². The molecule has 1 N–H and O–H groups in total. The van der Waals surface area contributed by atoms with Crippen LogP contribution in [-0.4, -0.2) is 28.9 Å². The average molecular weight is 374 g/mol. The minimum Gasteiger partial charge on any atom is -0.304 e. The normalized spacial score (nSPS) is 28.0. The molecule has 2 atom stereocenters. The molecule has 0 radical (unpaired) electrons. The first-order valence-electron chi connectivity index (χ1n) is 8.21. The molecule has 0 bridgehead atoms. The van der Waals surface area contributed by atoms with E-state index in [1.54, 1.807) is 11.3 Å². The SMILES string of the molecule is CSC1=NC2=NC3=C(C(=O)CC(C)(C)C3)C(c3cccs3)C2C(=O)N1. The average Bonchev–Trinajstić information content (AvgIpc) is 3.05. The van der Waals surface area contributed by atoms with Gasteiger partial charge in [-0.3, -0.25) is 9.59 Å². The summed E-state index contributed by atoms with van der Waals surface area (Å²) in [5.74, 6) is -0.284. The molecule has 1 aromatic rings. The van der Waals surface area contributed by atoms with E-state index in [2.05, 4.69) is 24.2 Å². The number of carbonyl (C=O) groups excluding carboxylic acids is 2. The van der Waals surface area contributed by atoms with Crippen molar-refractivity contribution >= 4 is 45.8 Å². The quantitative estimate of drug-likeness (QED) is 0.821. The Bertz CT molecular complexity index is 850. The van der Waals surface area contributed by atoms with Crippen molar-refractivity contribution in [1.82, 2.24) is 5.32 Å². The zero-order valence-corrected chi connectivity index (χ0v) is 16.0. The van der Waals surface area contributed by atoms with Crippen LogP contribution in [0.2, 0.25) is 0 Å². The number of hydrogen-bond donors (Lipinski definition) is 1. The summed E-state index contributed by atoms with van der Waals surface area (Å²) < 4.78 is 0. The fourth-order valence-corrected chi connectivity index (χ4v) is 5.09. The number of amides is 1. The van der Waals surface area contributed by atoms with Crippen LogP contribution >= 0.6 is 23.1 Å². The van der Waals surface area contributed by atoms with Gasteiger partial charge < -0.3 is 5.32 Å². The summed E-state index contributed by atoms with van der Waals surface area (Å²) in [4.78, 5) is 36.0. The first kappa shape index (κ1) is 16.7. The van der Waals surface area contributed by atoms with Gasteiger partial charge in [-0.05, 0) is 29.5 Å². The number of rotatable bonds is 1. The van der Waals surface area contributed by atoms with E-state index in [0.29, 0.717) is 23.0 Å². The third-order valence-corrected chi connectivity index (χ3v) is 6.38. The van der Waals surface area contributed by atoms with Gasteiger partial charge in [0.15, 0.2) is 11.0 Å². The number of aliphatic imine (C=N–C) groups is 2. The molecule has 1 aromatic heterocycles. The number of ketones is 1. The number of thiophene rings is 1. The Balaban J connectivity index is 1.92.